The Morgan fingerprint density at radius 1 is 1.00 bits per heavy atom. The fraction of sp³-hybridized carbons (Fsp3) is 0.300. The van der Waals surface area contributed by atoms with E-state index in [0.29, 0.717) is 18.7 Å². The van der Waals surface area contributed by atoms with Gasteiger partial charge in [0, 0.05) is 6.54 Å². The van der Waals surface area contributed by atoms with Crippen molar-refractivity contribution < 1.29 is 32.6 Å². The highest BCUT2D eigenvalue weighted by molar-refractivity contribution is 5.85. The zero-order chi connectivity index (χ0) is 21.1. The summed E-state index contributed by atoms with van der Waals surface area (Å²) in [4.78, 5) is 23.5. The van der Waals surface area contributed by atoms with Crippen LogP contribution in [0.3, 0.4) is 0 Å². The molecule has 2 aromatic rings. The average molecular weight is 408 g/mol. The molecule has 2 amide bonds. The zero-order valence-electron chi connectivity index (χ0n) is 15.8. The number of methoxy groups -OCH3 is 1. The lowest BCUT2D eigenvalue weighted by Crippen LogP contribution is -2.39. The fourth-order valence-corrected chi connectivity index (χ4v) is 2.37. The molecule has 2 rings (SSSR count). The Labute approximate surface area is 167 Å². The van der Waals surface area contributed by atoms with Crippen molar-refractivity contribution in [3.8, 4) is 17.2 Å². The standard InChI is InChI=1S/C20H22F2N2O5/c1-27-17-11-14(7-8-16(17)29-20(21)22)9-10-23-18(25)12-24-19(26)13-28-15-5-3-2-4-6-15/h2-8,11,20H,9-10,12-13H2,1H3,(H,23,25)(H,24,26). The molecule has 0 bridgehead atoms. The Bertz CT molecular complexity index is 803. The highest BCUT2D eigenvalue weighted by Crippen LogP contribution is 2.29. The smallest absolute Gasteiger partial charge is 0.387 e. The van der Waals surface area contributed by atoms with Crippen LogP contribution in [0.5, 0.6) is 17.2 Å². The summed E-state index contributed by atoms with van der Waals surface area (Å²) in [5.74, 6) is -0.0888. The van der Waals surface area contributed by atoms with E-state index in [1.54, 1.807) is 36.4 Å². The van der Waals surface area contributed by atoms with Gasteiger partial charge in [-0.25, -0.2) is 0 Å². The summed E-state index contributed by atoms with van der Waals surface area (Å²) < 4.78 is 39.3. The molecule has 0 atom stereocenters. The number of para-hydroxylation sites is 1. The zero-order valence-corrected chi connectivity index (χ0v) is 15.8. The lowest BCUT2D eigenvalue weighted by molar-refractivity contribution is -0.127. The molecule has 156 valence electrons. The van der Waals surface area contributed by atoms with E-state index in [1.807, 2.05) is 6.07 Å². The third kappa shape index (κ3) is 8.04. The van der Waals surface area contributed by atoms with Gasteiger partial charge >= 0.3 is 6.61 Å². The molecule has 9 heteroatoms. The summed E-state index contributed by atoms with van der Waals surface area (Å²) in [5, 5.41) is 5.12. The van der Waals surface area contributed by atoms with Crippen molar-refractivity contribution in [1.29, 1.82) is 0 Å². The van der Waals surface area contributed by atoms with E-state index < -0.39 is 12.5 Å². The largest absolute Gasteiger partial charge is 0.493 e. The van der Waals surface area contributed by atoms with E-state index in [1.165, 1.54) is 13.2 Å². The number of hydrogen-bond donors (Lipinski definition) is 2. The number of nitrogens with one attached hydrogen (secondary N) is 2. The number of carbonyl (C=O) groups is 2. The van der Waals surface area contributed by atoms with Gasteiger partial charge in [-0.15, -0.1) is 0 Å². The summed E-state index contributed by atoms with van der Waals surface area (Å²) in [6.45, 7) is -3.01. The summed E-state index contributed by atoms with van der Waals surface area (Å²) in [7, 11) is 1.35. The number of halogens is 2. The third-order valence-electron chi connectivity index (χ3n) is 3.74. The monoisotopic (exact) mass is 408 g/mol. The van der Waals surface area contributed by atoms with Crippen molar-refractivity contribution in [2.75, 3.05) is 26.8 Å². The van der Waals surface area contributed by atoms with Gasteiger partial charge in [0.25, 0.3) is 5.91 Å². The first-order valence-electron chi connectivity index (χ1n) is 8.81. The Morgan fingerprint density at radius 3 is 2.45 bits per heavy atom. The molecule has 0 saturated carbocycles. The van der Waals surface area contributed by atoms with Crippen molar-refractivity contribution in [2.24, 2.45) is 0 Å². The molecule has 0 aliphatic rings. The van der Waals surface area contributed by atoms with Crippen LogP contribution in [0.4, 0.5) is 8.78 Å². The summed E-state index contributed by atoms with van der Waals surface area (Å²) in [6.07, 6.45) is 0.447. The van der Waals surface area contributed by atoms with Crippen LogP contribution in [0, 0.1) is 0 Å². The quantitative estimate of drug-likeness (QED) is 0.595. The van der Waals surface area contributed by atoms with E-state index >= 15 is 0 Å². The van der Waals surface area contributed by atoms with Gasteiger partial charge in [0.1, 0.15) is 5.75 Å². The van der Waals surface area contributed by atoms with E-state index in [-0.39, 0.29) is 30.6 Å². The summed E-state index contributed by atoms with van der Waals surface area (Å²) in [5.41, 5.74) is 0.768. The van der Waals surface area contributed by atoms with Gasteiger partial charge in [-0.2, -0.15) is 8.78 Å². The van der Waals surface area contributed by atoms with Crippen LogP contribution in [-0.4, -0.2) is 45.2 Å². The lowest BCUT2D eigenvalue weighted by atomic mass is 10.1. The van der Waals surface area contributed by atoms with Crippen molar-refractivity contribution in [3.63, 3.8) is 0 Å². The second kappa shape index (κ2) is 11.5. The van der Waals surface area contributed by atoms with E-state index in [4.69, 9.17) is 9.47 Å². The van der Waals surface area contributed by atoms with Gasteiger partial charge in [0.05, 0.1) is 13.7 Å². The minimum absolute atomic E-state index is 0.0595. The Balaban J connectivity index is 1.68. The van der Waals surface area contributed by atoms with Crippen LogP contribution in [0.2, 0.25) is 0 Å². The van der Waals surface area contributed by atoms with Crippen LogP contribution in [0.15, 0.2) is 48.5 Å². The number of ether oxygens (including phenoxy) is 3. The van der Waals surface area contributed by atoms with Crippen LogP contribution in [0.1, 0.15) is 5.56 Å². The van der Waals surface area contributed by atoms with Crippen molar-refractivity contribution in [2.45, 2.75) is 13.0 Å². The molecular weight excluding hydrogens is 386 g/mol. The molecule has 0 fully saturated rings. The van der Waals surface area contributed by atoms with Gasteiger partial charge in [-0.1, -0.05) is 24.3 Å². The van der Waals surface area contributed by atoms with E-state index in [0.717, 1.165) is 5.56 Å². The second-order valence-electron chi connectivity index (χ2n) is 5.84. The van der Waals surface area contributed by atoms with Gasteiger partial charge in [-0.05, 0) is 36.2 Å². The summed E-state index contributed by atoms with van der Waals surface area (Å²) >= 11 is 0. The van der Waals surface area contributed by atoms with Crippen LogP contribution in [0.25, 0.3) is 0 Å². The molecule has 0 heterocycles. The molecular formula is C20H22F2N2O5. The molecule has 0 radical (unpaired) electrons. The molecule has 0 spiro atoms. The molecule has 0 aliphatic heterocycles. The molecule has 29 heavy (non-hydrogen) atoms. The van der Waals surface area contributed by atoms with Crippen molar-refractivity contribution >= 4 is 11.8 Å². The van der Waals surface area contributed by atoms with E-state index in [2.05, 4.69) is 15.4 Å². The first-order chi connectivity index (χ1) is 14.0. The minimum Gasteiger partial charge on any atom is -0.493 e. The number of amides is 2. The van der Waals surface area contributed by atoms with Crippen LogP contribution < -0.4 is 24.8 Å². The first kappa shape index (κ1) is 21.9. The topological polar surface area (TPSA) is 85.9 Å². The Hall–Kier alpha value is -3.36. The number of rotatable bonds is 11. The van der Waals surface area contributed by atoms with Gasteiger partial charge in [0.2, 0.25) is 5.91 Å². The summed E-state index contributed by atoms with van der Waals surface area (Å²) in [6, 6.07) is 13.4. The molecule has 0 aromatic heterocycles. The maximum Gasteiger partial charge on any atom is 0.387 e. The Morgan fingerprint density at radius 2 is 1.76 bits per heavy atom. The number of alkyl halides is 2. The molecule has 2 N–H and O–H groups in total. The van der Waals surface area contributed by atoms with Crippen molar-refractivity contribution in [3.05, 3.63) is 54.1 Å². The second-order valence-corrected chi connectivity index (χ2v) is 5.84. The van der Waals surface area contributed by atoms with Gasteiger partial charge < -0.3 is 24.8 Å². The van der Waals surface area contributed by atoms with E-state index in [9.17, 15) is 18.4 Å². The van der Waals surface area contributed by atoms with Gasteiger partial charge in [-0.3, -0.25) is 9.59 Å². The molecule has 7 nitrogen and oxygen atoms in total. The highest BCUT2D eigenvalue weighted by atomic mass is 19.3. The predicted octanol–water partition coefficient (Wildman–Crippen LogP) is 2.15. The lowest BCUT2D eigenvalue weighted by Gasteiger charge is -2.12. The van der Waals surface area contributed by atoms with Crippen molar-refractivity contribution in [1.82, 2.24) is 10.6 Å². The van der Waals surface area contributed by atoms with Gasteiger partial charge in [0.15, 0.2) is 18.1 Å². The molecule has 2 aromatic carbocycles. The fourth-order valence-electron chi connectivity index (χ4n) is 2.37. The first-order valence-corrected chi connectivity index (χ1v) is 8.81. The minimum atomic E-state index is -2.94. The SMILES string of the molecule is COc1cc(CCNC(=O)CNC(=O)COc2ccccc2)ccc1OC(F)F. The Kier molecular flexibility index (Phi) is 8.68. The third-order valence-corrected chi connectivity index (χ3v) is 3.74. The molecule has 0 unspecified atom stereocenters. The number of hydrogen-bond acceptors (Lipinski definition) is 5. The van der Waals surface area contributed by atoms with Crippen LogP contribution >= 0.6 is 0 Å². The average Bonchev–Trinajstić information content (AvgIpc) is 2.72. The normalized spacial score (nSPS) is 10.3. The predicted molar refractivity (Wildman–Crippen MR) is 101 cm³/mol. The number of benzene rings is 2. The highest BCUT2D eigenvalue weighted by Gasteiger charge is 2.11. The maximum absolute atomic E-state index is 12.3. The molecule has 0 saturated heterocycles. The maximum atomic E-state index is 12.3. The number of carbonyl (C=O) groups excluding carboxylic acids is 2. The molecule has 0 aliphatic carbocycles. The van der Waals surface area contributed by atoms with Crippen LogP contribution in [-0.2, 0) is 16.0 Å².